The Morgan fingerprint density at radius 1 is 1.24 bits per heavy atom. The zero-order valence-corrected chi connectivity index (χ0v) is 14.9. The number of benzene rings is 1. The molecule has 0 radical (unpaired) electrons. The maximum absolute atomic E-state index is 12.5. The molecule has 0 N–H and O–H groups in total. The Balaban J connectivity index is 1.33. The van der Waals surface area contributed by atoms with Gasteiger partial charge in [-0.15, -0.1) is 0 Å². The Morgan fingerprint density at radius 2 is 2.00 bits per heavy atom. The molecule has 2 saturated heterocycles. The molecule has 1 atom stereocenters. The molecule has 0 aliphatic carbocycles. The van der Waals surface area contributed by atoms with E-state index in [1.165, 1.54) is 5.56 Å². The van der Waals surface area contributed by atoms with Crippen molar-refractivity contribution in [3.05, 3.63) is 59.9 Å². The van der Waals surface area contributed by atoms with Crippen LogP contribution in [0.1, 0.15) is 22.5 Å². The number of likely N-dealkylation sites (tertiary alicyclic amines) is 1. The van der Waals surface area contributed by atoms with Crippen molar-refractivity contribution in [2.75, 3.05) is 26.7 Å². The normalized spacial score (nSPS) is 21.7. The van der Waals surface area contributed by atoms with Gasteiger partial charge >= 0.3 is 0 Å². The first-order chi connectivity index (χ1) is 12.1. The second-order valence-electron chi connectivity index (χ2n) is 7.42. The molecule has 5 heteroatoms. The average Bonchev–Trinajstić information content (AvgIpc) is 3.20. The summed E-state index contributed by atoms with van der Waals surface area (Å²) < 4.78 is 8.01. The van der Waals surface area contributed by atoms with Crippen molar-refractivity contribution in [1.29, 1.82) is 0 Å². The fraction of sp³-hybridized carbons (Fsp3) is 0.450. The first kappa shape index (κ1) is 16.4. The summed E-state index contributed by atoms with van der Waals surface area (Å²) in [5.74, 6) is 0.0998. The van der Waals surface area contributed by atoms with Crippen molar-refractivity contribution in [1.82, 2.24) is 14.4 Å². The second-order valence-corrected chi connectivity index (χ2v) is 7.42. The van der Waals surface area contributed by atoms with E-state index in [-0.39, 0.29) is 11.5 Å². The molecule has 1 amide bonds. The number of rotatable bonds is 4. The third-order valence-electron chi connectivity index (χ3n) is 5.50. The standard InChI is InChI=1S/C20H25N3O2/c1-21-10-6-9-18(21)19(24)23-14-20(15-23)11-17(13-25-20)22(2)12-16-7-4-3-5-8-16/h3-10,17H,11-15H2,1-2H3. The highest BCUT2D eigenvalue weighted by Gasteiger charge is 2.52. The third-order valence-corrected chi connectivity index (χ3v) is 5.50. The smallest absolute Gasteiger partial charge is 0.270 e. The van der Waals surface area contributed by atoms with Gasteiger partial charge in [0, 0.05) is 25.8 Å². The number of aryl methyl sites for hydroxylation is 1. The monoisotopic (exact) mass is 339 g/mol. The van der Waals surface area contributed by atoms with Crippen molar-refractivity contribution >= 4 is 5.91 Å². The van der Waals surface area contributed by atoms with Crippen LogP contribution in [0.15, 0.2) is 48.7 Å². The summed E-state index contributed by atoms with van der Waals surface area (Å²) in [6, 6.07) is 14.7. The highest BCUT2D eigenvalue weighted by Crippen LogP contribution is 2.37. The Labute approximate surface area is 148 Å². The molecule has 132 valence electrons. The van der Waals surface area contributed by atoms with Gasteiger partial charge in [0.25, 0.3) is 5.91 Å². The van der Waals surface area contributed by atoms with Crippen LogP contribution in [0.3, 0.4) is 0 Å². The summed E-state index contributed by atoms with van der Waals surface area (Å²) >= 11 is 0. The predicted molar refractivity (Wildman–Crippen MR) is 96.3 cm³/mol. The van der Waals surface area contributed by atoms with E-state index in [0.717, 1.165) is 25.3 Å². The number of amides is 1. The van der Waals surface area contributed by atoms with E-state index in [4.69, 9.17) is 4.74 Å². The molecular weight excluding hydrogens is 314 g/mol. The van der Waals surface area contributed by atoms with Crippen LogP contribution in [0.4, 0.5) is 0 Å². The molecule has 25 heavy (non-hydrogen) atoms. The van der Waals surface area contributed by atoms with E-state index in [2.05, 4.69) is 36.2 Å². The molecule has 2 aliphatic rings. The van der Waals surface area contributed by atoms with Gasteiger partial charge in [0.2, 0.25) is 0 Å². The fourth-order valence-corrected chi connectivity index (χ4v) is 3.96. The van der Waals surface area contributed by atoms with Crippen molar-refractivity contribution in [2.45, 2.75) is 24.6 Å². The Morgan fingerprint density at radius 3 is 2.68 bits per heavy atom. The van der Waals surface area contributed by atoms with Crippen molar-refractivity contribution < 1.29 is 9.53 Å². The number of carbonyl (C=O) groups excluding carboxylic acids is 1. The lowest BCUT2D eigenvalue weighted by Crippen LogP contribution is -2.63. The highest BCUT2D eigenvalue weighted by atomic mass is 16.5. The third kappa shape index (κ3) is 3.10. The van der Waals surface area contributed by atoms with Crippen LogP contribution in [0, 0.1) is 0 Å². The van der Waals surface area contributed by atoms with Crippen molar-refractivity contribution in [2.24, 2.45) is 7.05 Å². The quantitative estimate of drug-likeness (QED) is 0.856. The summed E-state index contributed by atoms with van der Waals surface area (Å²) in [4.78, 5) is 16.8. The topological polar surface area (TPSA) is 37.7 Å². The molecule has 1 unspecified atom stereocenters. The van der Waals surface area contributed by atoms with Crippen LogP contribution in [0.5, 0.6) is 0 Å². The first-order valence-electron chi connectivity index (χ1n) is 8.85. The summed E-state index contributed by atoms with van der Waals surface area (Å²) in [6.07, 6.45) is 2.90. The van der Waals surface area contributed by atoms with Crippen LogP contribution in [0.25, 0.3) is 0 Å². The van der Waals surface area contributed by atoms with E-state index < -0.39 is 0 Å². The SMILES string of the molecule is CN(Cc1ccccc1)C1COC2(C1)CN(C(=O)c1cccn1C)C2. The molecule has 1 aromatic carbocycles. The maximum Gasteiger partial charge on any atom is 0.270 e. The predicted octanol–water partition coefficient (Wildman–Crippen LogP) is 2.14. The number of aromatic nitrogens is 1. The number of hydrogen-bond acceptors (Lipinski definition) is 3. The molecule has 1 spiro atoms. The molecule has 2 aromatic rings. The van der Waals surface area contributed by atoms with Gasteiger partial charge in [-0.25, -0.2) is 0 Å². The van der Waals surface area contributed by atoms with Crippen LogP contribution in [-0.2, 0) is 18.3 Å². The van der Waals surface area contributed by atoms with Gasteiger partial charge < -0.3 is 14.2 Å². The number of carbonyl (C=O) groups is 1. The Hall–Kier alpha value is -2.11. The van der Waals surface area contributed by atoms with Crippen LogP contribution in [0.2, 0.25) is 0 Å². The van der Waals surface area contributed by atoms with Gasteiger partial charge in [0.05, 0.1) is 19.7 Å². The van der Waals surface area contributed by atoms with Gasteiger partial charge in [0.15, 0.2) is 0 Å². The zero-order chi connectivity index (χ0) is 17.4. The lowest BCUT2D eigenvalue weighted by Gasteiger charge is -2.47. The maximum atomic E-state index is 12.5. The molecule has 0 saturated carbocycles. The van der Waals surface area contributed by atoms with Gasteiger partial charge in [-0.05, 0) is 31.2 Å². The molecule has 5 nitrogen and oxygen atoms in total. The van der Waals surface area contributed by atoms with E-state index in [0.29, 0.717) is 19.1 Å². The van der Waals surface area contributed by atoms with Crippen molar-refractivity contribution in [3.63, 3.8) is 0 Å². The van der Waals surface area contributed by atoms with Gasteiger partial charge in [-0.1, -0.05) is 30.3 Å². The lowest BCUT2D eigenvalue weighted by atomic mass is 9.88. The summed E-state index contributed by atoms with van der Waals surface area (Å²) in [6.45, 7) is 3.08. The van der Waals surface area contributed by atoms with E-state index in [1.807, 2.05) is 40.9 Å². The fourth-order valence-electron chi connectivity index (χ4n) is 3.96. The van der Waals surface area contributed by atoms with E-state index in [9.17, 15) is 4.79 Å². The van der Waals surface area contributed by atoms with Crippen molar-refractivity contribution in [3.8, 4) is 0 Å². The molecular formula is C20H25N3O2. The molecule has 0 bridgehead atoms. The van der Waals surface area contributed by atoms with E-state index in [1.54, 1.807) is 0 Å². The van der Waals surface area contributed by atoms with Crippen LogP contribution in [-0.4, -0.2) is 58.7 Å². The molecule has 2 fully saturated rings. The number of nitrogens with zero attached hydrogens (tertiary/aromatic N) is 3. The summed E-state index contributed by atoms with van der Waals surface area (Å²) in [5.41, 5.74) is 1.92. The van der Waals surface area contributed by atoms with Crippen LogP contribution >= 0.6 is 0 Å². The largest absolute Gasteiger partial charge is 0.370 e. The summed E-state index contributed by atoms with van der Waals surface area (Å²) in [7, 11) is 4.06. The number of hydrogen-bond donors (Lipinski definition) is 0. The molecule has 2 aliphatic heterocycles. The minimum atomic E-state index is -0.142. The summed E-state index contributed by atoms with van der Waals surface area (Å²) in [5, 5.41) is 0. The van der Waals surface area contributed by atoms with Gasteiger partial charge in [-0.3, -0.25) is 9.69 Å². The Kier molecular flexibility index (Phi) is 4.13. The van der Waals surface area contributed by atoms with Crippen LogP contribution < -0.4 is 0 Å². The first-order valence-corrected chi connectivity index (χ1v) is 8.85. The lowest BCUT2D eigenvalue weighted by molar-refractivity contribution is -0.0953. The highest BCUT2D eigenvalue weighted by molar-refractivity contribution is 5.93. The average molecular weight is 339 g/mol. The van der Waals surface area contributed by atoms with E-state index >= 15 is 0 Å². The molecule has 1 aromatic heterocycles. The Bertz CT molecular complexity index is 749. The number of ether oxygens (including phenoxy) is 1. The van der Waals surface area contributed by atoms with Gasteiger partial charge in [-0.2, -0.15) is 0 Å². The minimum Gasteiger partial charge on any atom is -0.370 e. The second kappa shape index (κ2) is 6.32. The van der Waals surface area contributed by atoms with Gasteiger partial charge in [0.1, 0.15) is 11.3 Å². The number of likely N-dealkylation sites (N-methyl/N-ethyl adjacent to an activating group) is 1. The minimum absolute atomic E-state index is 0.0998. The zero-order valence-electron chi connectivity index (χ0n) is 14.9. The molecule has 4 rings (SSSR count). The molecule has 3 heterocycles.